The zero-order valence-electron chi connectivity index (χ0n) is 14.7. The maximum Gasteiger partial charge on any atom is 0.270 e. The van der Waals surface area contributed by atoms with Crippen LogP contribution in [0.1, 0.15) is 16.7 Å². The second-order valence-electron chi connectivity index (χ2n) is 5.94. The van der Waals surface area contributed by atoms with Gasteiger partial charge in [0.1, 0.15) is 12.4 Å². The molecule has 0 aromatic heterocycles. The number of allylic oxidation sites excluding steroid dienone is 1. The van der Waals surface area contributed by atoms with E-state index in [0.29, 0.717) is 23.5 Å². The Balaban J connectivity index is 1.81. The van der Waals surface area contributed by atoms with E-state index in [1.54, 1.807) is 18.2 Å². The minimum atomic E-state index is -0.478. The van der Waals surface area contributed by atoms with E-state index in [9.17, 15) is 15.4 Å². The lowest BCUT2D eigenvalue weighted by atomic mass is 10.0. The number of ether oxygens (including phenoxy) is 1. The summed E-state index contributed by atoms with van der Waals surface area (Å²) in [5.41, 5.74) is 2.63. The van der Waals surface area contributed by atoms with Gasteiger partial charge in [-0.05, 0) is 50.8 Å². The van der Waals surface area contributed by atoms with Crippen molar-refractivity contribution in [1.82, 2.24) is 0 Å². The van der Waals surface area contributed by atoms with Gasteiger partial charge in [-0.2, -0.15) is 5.26 Å². The molecule has 138 valence electrons. The summed E-state index contributed by atoms with van der Waals surface area (Å²) < 4.78 is 6.59. The van der Waals surface area contributed by atoms with Crippen LogP contribution in [-0.2, 0) is 6.61 Å². The number of nitro benzene ring substituents is 1. The van der Waals surface area contributed by atoms with Crippen LogP contribution >= 0.6 is 15.9 Å². The van der Waals surface area contributed by atoms with Gasteiger partial charge in [-0.3, -0.25) is 10.1 Å². The molecule has 0 aliphatic rings. The Labute approximate surface area is 170 Å². The smallest absolute Gasteiger partial charge is 0.270 e. The molecule has 0 saturated carbocycles. The van der Waals surface area contributed by atoms with Crippen LogP contribution in [-0.4, -0.2) is 4.92 Å². The summed E-state index contributed by atoms with van der Waals surface area (Å²) in [6.07, 6.45) is 1.69. The van der Waals surface area contributed by atoms with Gasteiger partial charge in [-0.25, -0.2) is 0 Å². The zero-order chi connectivity index (χ0) is 19.9. The van der Waals surface area contributed by atoms with E-state index in [1.165, 1.54) is 12.1 Å². The Hall–Kier alpha value is -3.43. The summed E-state index contributed by atoms with van der Waals surface area (Å²) in [6.45, 7) is 0.450. The second-order valence-corrected chi connectivity index (χ2v) is 6.80. The van der Waals surface area contributed by atoms with Crippen molar-refractivity contribution >= 4 is 33.3 Å². The Bertz CT molecular complexity index is 1070. The summed E-state index contributed by atoms with van der Waals surface area (Å²) in [7, 11) is 0. The maximum atomic E-state index is 11.0. The zero-order valence-corrected chi connectivity index (χ0v) is 16.3. The van der Waals surface area contributed by atoms with Crippen LogP contribution in [0.4, 0.5) is 5.69 Å². The molecule has 3 aromatic rings. The van der Waals surface area contributed by atoms with Crippen molar-refractivity contribution in [1.29, 1.82) is 5.26 Å². The van der Waals surface area contributed by atoms with E-state index < -0.39 is 4.92 Å². The summed E-state index contributed by atoms with van der Waals surface area (Å²) in [5, 5.41) is 20.4. The van der Waals surface area contributed by atoms with Crippen molar-refractivity contribution in [3.63, 3.8) is 0 Å². The highest BCUT2D eigenvalue weighted by molar-refractivity contribution is 9.10. The molecule has 0 fully saturated rings. The first-order valence-corrected chi connectivity index (χ1v) is 9.19. The van der Waals surface area contributed by atoms with Gasteiger partial charge in [-0.15, -0.1) is 0 Å². The molecule has 6 heteroatoms. The molecule has 0 heterocycles. The molecule has 0 amide bonds. The molecule has 0 saturated heterocycles. The number of halogens is 1. The quantitative estimate of drug-likeness (QED) is 0.206. The average molecular weight is 435 g/mol. The molecule has 0 spiro atoms. The van der Waals surface area contributed by atoms with E-state index in [4.69, 9.17) is 4.74 Å². The predicted octanol–water partition coefficient (Wildman–Crippen LogP) is 6.00. The highest BCUT2D eigenvalue weighted by atomic mass is 79.9. The summed E-state index contributed by atoms with van der Waals surface area (Å²) in [6, 6.07) is 23.5. The van der Waals surface area contributed by atoms with Crippen molar-refractivity contribution in [3.8, 4) is 11.8 Å². The third-order valence-corrected chi connectivity index (χ3v) is 4.61. The van der Waals surface area contributed by atoms with Gasteiger partial charge in [0.25, 0.3) is 5.69 Å². The van der Waals surface area contributed by atoms with Gasteiger partial charge in [-0.1, -0.05) is 48.5 Å². The lowest BCUT2D eigenvalue weighted by Crippen LogP contribution is -1.95. The Morgan fingerprint density at radius 3 is 2.57 bits per heavy atom. The summed E-state index contributed by atoms with van der Waals surface area (Å²) >= 11 is 3.49. The minimum Gasteiger partial charge on any atom is -0.488 e. The van der Waals surface area contributed by atoms with Crippen LogP contribution in [0.5, 0.6) is 5.75 Å². The number of non-ortho nitro benzene ring substituents is 1. The monoisotopic (exact) mass is 434 g/mol. The first-order valence-electron chi connectivity index (χ1n) is 8.40. The molecule has 0 radical (unpaired) electrons. The minimum absolute atomic E-state index is 0.0514. The van der Waals surface area contributed by atoms with Gasteiger partial charge in [0.2, 0.25) is 0 Å². The molecule has 28 heavy (non-hydrogen) atoms. The Morgan fingerprint density at radius 2 is 1.89 bits per heavy atom. The van der Waals surface area contributed by atoms with Crippen molar-refractivity contribution in [3.05, 3.63) is 104 Å². The van der Waals surface area contributed by atoms with Crippen LogP contribution in [0.2, 0.25) is 0 Å². The number of nitro groups is 1. The first-order chi connectivity index (χ1) is 13.6. The fourth-order valence-electron chi connectivity index (χ4n) is 2.59. The van der Waals surface area contributed by atoms with Crippen LogP contribution in [0.25, 0.3) is 11.6 Å². The molecule has 0 N–H and O–H groups in total. The van der Waals surface area contributed by atoms with Crippen molar-refractivity contribution < 1.29 is 9.66 Å². The third kappa shape index (κ3) is 4.84. The van der Waals surface area contributed by atoms with E-state index in [0.717, 1.165) is 15.6 Å². The Kier molecular flexibility index (Phi) is 6.20. The molecule has 0 aliphatic heterocycles. The van der Waals surface area contributed by atoms with Crippen molar-refractivity contribution in [2.24, 2.45) is 0 Å². The van der Waals surface area contributed by atoms with Crippen molar-refractivity contribution in [2.75, 3.05) is 0 Å². The maximum absolute atomic E-state index is 11.0. The van der Waals surface area contributed by atoms with E-state index in [-0.39, 0.29) is 5.69 Å². The van der Waals surface area contributed by atoms with Crippen LogP contribution in [0.15, 0.2) is 77.3 Å². The largest absolute Gasteiger partial charge is 0.488 e. The predicted molar refractivity (Wildman–Crippen MR) is 111 cm³/mol. The standard InChI is InChI=1S/C22H15BrN2O3/c23-21-12-17(9-10-22(21)28-15-16-5-2-1-3-6-16)11-19(14-24)18-7-4-8-20(13-18)25(26)27/h1-13H,15H2. The lowest BCUT2D eigenvalue weighted by molar-refractivity contribution is -0.384. The fourth-order valence-corrected chi connectivity index (χ4v) is 3.10. The molecular weight excluding hydrogens is 420 g/mol. The topological polar surface area (TPSA) is 76.2 Å². The van der Waals surface area contributed by atoms with E-state index in [1.807, 2.05) is 48.5 Å². The second kappa shape index (κ2) is 8.98. The van der Waals surface area contributed by atoms with Gasteiger partial charge < -0.3 is 4.74 Å². The average Bonchev–Trinajstić information content (AvgIpc) is 2.72. The molecule has 0 bridgehead atoms. The van der Waals surface area contributed by atoms with Gasteiger partial charge in [0, 0.05) is 12.1 Å². The summed E-state index contributed by atoms with van der Waals surface area (Å²) in [5.74, 6) is 0.690. The first kappa shape index (κ1) is 19.3. The van der Waals surface area contributed by atoms with Gasteiger partial charge >= 0.3 is 0 Å². The normalized spacial score (nSPS) is 10.9. The number of hydrogen-bond acceptors (Lipinski definition) is 4. The van der Waals surface area contributed by atoms with Crippen LogP contribution in [0.3, 0.4) is 0 Å². The summed E-state index contributed by atoms with van der Waals surface area (Å²) in [4.78, 5) is 10.5. The van der Waals surface area contributed by atoms with Gasteiger partial charge in [0.15, 0.2) is 0 Å². The number of hydrogen-bond donors (Lipinski definition) is 0. The third-order valence-electron chi connectivity index (χ3n) is 3.99. The van der Waals surface area contributed by atoms with Gasteiger partial charge in [0.05, 0.1) is 21.0 Å². The molecule has 0 atom stereocenters. The SMILES string of the molecule is N#CC(=Cc1ccc(OCc2ccccc2)c(Br)c1)c1cccc([N+](=O)[O-])c1. The number of nitrogens with zero attached hydrogens (tertiary/aromatic N) is 2. The molecule has 5 nitrogen and oxygen atoms in total. The lowest BCUT2D eigenvalue weighted by Gasteiger charge is -2.09. The number of nitriles is 1. The van der Waals surface area contributed by atoms with Crippen LogP contribution in [0, 0.1) is 21.4 Å². The highest BCUT2D eigenvalue weighted by Gasteiger charge is 2.09. The molecule has 0 aliphatic carbocycles. The highest BCUT2D eigenvalue weighted by Crippen LogP contribution is 2.29. The number of rotatable bonds is 6. The van der Waals surface area contributed by atoms with E-state index in [2.05, 4.69) is 22.0 Å². The molecule has 3 rings (SSSR count). The number of benzene rings is 3. The Morgan fingerprint density at radius 1 is 1.11 bits per heavy atom. The molecular formula is C22H15BrN2O3. The molecule has 0 unspecified atom stereocenters. The molecule has 3 aromatic carbocycles. The van der Waals surface area contributed by atoms with E-state index >= 15 is 0 Å². The fraction of sp³-hybridized carbons (Fsp3) is 0.0455. The van der Waals surface area contributed by atoms with Crippen molar-refractivity contribution in [2.45, 2.75) is 6.61 Å². The van der Waals surface area contributed by atoms with Crippen LogP contribution < -0.4 is 4.74 Å².